The third-order valence-electron chi connectivity index (χ3n) is 2.46. The molecule has 4 nitrogen and oxygen atoms in total. The number of hydrogen-bond acceptors (Lipinski definition) is 3. The lowest BCUT2D eigenvalue weighted by atomic mass is 10.2. The Hall–Kier alpha value is -2.49. The minimum absolute atomic E-state index is 0.0167. The summed E-state index contributed by atoms with van der Waals surface area (Å²) in [7, 11) is 0. The van der Waals surface area contributed by atoms with Crippen molar-refractivity contribution >= 4 is 17.3 Å². The van der Waals surface area contributed by atoms with Gasteiger partial charge >= 0.3 is 0 Å². The molecule has 0 spiro atoms. The fourth-order valence-corrected chi connectivity index (χ4v) is 1.59. The Bertz CT molecular complexity index is 579. The standard InChI is InChI=1S/C15H15N3O/c1-12-6-5-9-14(10-12)18-16-11-15(19)17-13-7-3-2-4-8-13/h2-10H,11H2,1H3,(H,17,19). The second kappa shape index (κ2) is 6.44. The number of carbonyl (C=O) groups is 1. The molecule has 2 aromatic carbocycles. The lowest BCUT2D eigenvalue weighted by molar-refractivity contribution is -0.114. The van der Waals surface area contributed by atoms with Crippen LogP contribution in [0.1, 0.15) is 5.56 Å². The van der Waals surface area contributed by atoms with Gasteiger partial charge in [0.1, 0.15) is 6.54 Å². The monoisotopic (exact) mass is 253 g/mol. The van der Waals surface area contributed by atoms with Gasteiger partial charge < -0.3 is 5.32 Å². The van der Waals surface area contributed by atoms with Crippen molar-refractivity contribution in [1.82, 2.24) is 0 Å². The first-order chi connectivity index (χ1) is 9.24. The molecule has 1 N–H and O–H groups in total. The van der Waals surface area contributed by atoms with Crippen molar-refractivity contribution in [2.24, 2.45) is 10.2 Å². The smallest absolute Gasteiger partial charge is 0.247 e. The van der Waals surface area contributed by atoms with Crippen LogP contribution in [-0.2, 0) is 4.79 Å². The van der Waals surface area contributed by atoms with Gasteiger partial charge in [0, 0.05) is 5.69 Å². The molecule has 96 valence electrons. The van der Waals surface area contributed by atoms with Crippen LogP contribution in [0.2, 0.25) is 0 Å². The van der Waals surface area contributed by atoms with E-state index in [0.29, 0.717) is 0 Å². The number of azo groups is 1. The molecular weight excluding hydrogens is 238 g/mol. The maximum Gasteiger partial charge on any atom is 0.247 e. The summed E-state index contributed by atoms with van der Waals surface area (Å²) in [5.74, 6) is -0.178. The number of rotatable bonds is 4. The minimum Gasteiger partial charge on any atom is -0.324 e. The molecular formula is C15H15N3O. The first-order valence-corrected chi connectivity index (χ1v) is 6.03. The molecule has 0 bridgehead atoms. The highest BCUT2D eigenvalue weighted by Gasteiger charge is 1.99. The summed E-state index contributed by atoms with van der Waals surface area (Å²) >= 11 is 0. The molecule has 1 amide bonds. The number of aryl methyl sites for hydroxylation is 1. The van der Waals surface area contributed by atoms with Crippen molar-refractivity contribution in [2.45, 2.75) is 6.92 Å². The van der Waals surface area contributed by atoms with Crippen LogP contribution in [-0.4, -0.2) is 12.5 Å². The summed E-state index contributed by atoms with van der Waals surface area (Å²) in [5.41, 5.74) is 2.64. The zero-order chi connectivity index (χ0) is 13.5. The van der Waals surface area contributed by atoms with Crippen LogP contribution >= 0.6 is 0 Å². The van der Waals surface area contributed by atoms with Crippen molar-refractivity contribution in [3.05, 3.63) is 60.2 Å². The first kappa shape index (κ1) is 13.0. The van der Waals surface area contributed by atoms with E-state index in [-0.39, 0.29) is 12.5 Å². The molecule has 0 saturated carbocycles. The van der Waals surface area contributed by atoms with Gasteiger partial charge in [-0.15, -0.1) is 0 Å². The zero-order valence-corrected chi connectivity index (χ0v) is 10.7. The largest absolute Gasteiger partial charge is 0.324 e. The maximum absolute atomic E-state index is 11.6. The van der Waals surface area contributed by atoms with E-state index in [1.165, 1.54) is 0 Å². The van der Waals surface area contributed by atoms with Crippen LogP contribution in [0, 0.1) is 6.92 Å². The van der Waals surface area contributed by atoms with Crippen molar-refractivity contribution in [1.29, 1.82) is 0 Å². The molecule has 0 aliphatic heterocycles. The molecule has 2 aromatic rings. The van der Waals surface area contributed by atoms with Crippen LogP contribution in [0.5, 0.6) is 0 Å². The van der Waals surface area contributed by atoms with Gasteiger partial charge in [-0.25, -0.2) is 0 Å². The van der Waals surface area contributed by atoms with Gasteiger partial charge in [0.25, 0.3) is 0 Å². The van der Waals surface area contributed by atoms with E-state index in [0.717, 1.165) is 16.9 Å². The summed E-state index contributed by atoms with van der Waals surface area (Å²) in [6.07, 6.45) is 0. The highest BCUT2D eigenvalue weighted by Crippen LogP contribution is 2.13. The summed E-state index contributed by atoms with van der Waals surface area (Å²) in [6, 6.07) is 16.9. The number of amides is 1. The number of nitrogens with one attached hydrogen (secondary N) is 1. The Morgan fingerprint density at radius 3 is 2.63 bits per heavy atom. The zero-order valence-electron chi connectivity index (χ0n) is 10.7. The van der Waals surface area contributed by atoms with E-state index < -0.39 is 0 Å². The number of hydrogen-bond donors (Lipinski definition) is 1. The Kier molecular flexibility index (Phi) is 4.39. The fraction of sp³-hybridized carbons (Fsp3) is 0.133. The third-order valence-corrected chi connectivity index (χ3v) is 2.46. The summed E-state index contributed by atoms with van der Waals surface area (Å²) in [4.78, 5) is 11.6. The van der Waals surface area contributed by atoms with Crippen molar-refractivity contribution in [3.63, 3.8) is 0 Å². The predicted molar refractivity (Wildman–Crippen MR) is 75.6 cm³/mol. The van der Waals surface area contributed by atoms with Gasteiger partial charge in [-0.1, -0.05) is 30.3 Å². The molecule has 0 unspecified atom stereocenters. The summed E-state index contributed by atoms with van der Waals surface area (Å²) < 4.78 is 0. The minimum atomic E-state index is -0.178. The van der Waals surface area contributed by atoms with Crippen LogP contribution in [0.25, 0.3) is 0 Å². The molecule has 0 fully saturated rings. The number of nitrogens with zero attached hydrogens (tertiary/aromatic N) is 2. The molecule has 0 radical (unpaired) electrons. The maximum atomic E-state index is 11.6. The van der Waals surface area contributed by atoms with E-state index in [9.17, 15) is 4.79 Å². The van der Waals surface area contributed by atoms with E-state index in [1.54, 1.807) is 0 Å². The van der Waals surface area contributed by atoms with Gasteiger partial charge in [0.2, 0.25) is 5.91 Å². The fourth-order valence-electron chi connectivity index (χ4n) is 1.59. The topological polar surface area (TPSA) is 53.8 Å². The van der Waals surface area contributed by atoms with E-state index >= 15 is 0 Å². The second-order valence-corrected chi connectivity index (χ2v) is 4.15. The van der Waals surface area contributed by atoms with Gasteiger partial charge in [-0.05, 0) is 36.8 Å². The van der Waals surface area contributed by atoms with Gasteiger partial charge in [0.15, 0.2) is 0 Å². The lowest BCUT2D eigenvalue weighted by Gasteiger charge is -2.01. The average molecular weight is 253 g/mol. The van der Waals surface area contributed by atoms with Gasteiger partial charge in [-0.2, -0.15) is 10.2 Å². The van der Waals surface area contributed by atoms with Crippen LogP contribution in [0.3, 0.4) is 0 Å². The van der Waals surface area contributed by atoms with Gasteiger partial charge in [-0.3, -0.25) is 4.79 Å². The normalized spacial score (nSPS) is 10.6. The number of carbonyl (C=O) groups excluding carboxylic acids is 1. The molecule has 0 aromatic heterocycles. The van der Waals surface area contributed by atoms with Gasteiger partial charge in [0.05, 0.1) is 5.69 Å². The third kappa shape index (κ3) is 4.35. The van der Waals surface area contributed by atoms with Crippen molar-refractivity contribution in [2.75, 3.05) is 11.9 Å². The SMILES string of the molecule is Cc1cccc(N=NCC(=O)Nc2ccccc2)c1. The molecule has 0 heterocycles. The molecule has 0 atom stereocenters. The van der Waals surface area contributed by atoms with E-state index in [4.69, 9.17) is 0 Å². The molecule has 0 aliphatic carbocycles. The number of benzene rings is 2. The summed E-state index contributed by atoms with van der Waals surface area (Å²) in [5, 5.41) is 10.7. The molecule has 4 heteroatoms. The van der Waals surface area contributed by atoms with Crippen LogP contribution in [0.4, 0.5) is 11.4 Å². The Balaban J connectivity index is 1.87. The molecule has 19 heavy (non-hydrogen) atoms. The molecule has 2 rings (SSSR count). The number of para-hydroxylation sites is 1. The summed E-state index contributed by atoms with van der Waals surface area (Å²) in [6.45, 7) is 2.00. The molecule has 0 aliphatic rings. The lowest BCUT2D eigenvalue weighted by Crippen LogP contribution is -2.14. The predicted octanol–water partition coefficient (Wildman–Crippen LogP) is 3.72. The Morgan fingerprint density at radius 1 is 1.11 bits per heavy atom. The van der Waals surface area contributed by atoms with Crippen molar-refractivity contribution < 1.29 is 4.79 Å². The second-order valence-electron chi connectivity index (χ2n) is 4.15. The van der Waals surface area contributed by atoms with Crippen molar-refractivity contribution in [3.8, 4) is 0 Å². The highest BCUT2D eigenvalue weighted by atomic mass is 16.1. The number of anilines is 1. The van der Waals surface area contributed by atoms with E-state index in [2.05, 4.69) is 15.5 Å². The first-order valence-electron chi connectivity index (χ1n) is 6.03. The Morgan fingerprint density at radius 2 is 1.89 bits per heavy atom. The Labute approximate surface area is 112 Å². The highest BCUT2D eigenvalue weighted by molar-refractivity contribution is 5.92. The van der Waals surface area contributed by atoms with Crippen LogP contribution < -0.4 is 5.32 Å². The average Bonchev–Trinajstić information content (AvgIpc) is 2.40. The molecule has 0 saturated heterocycles. The van der Waals surface area contributed by atoms with Crippen LogP contribution in [0.15, 0.2) is 64.8 Å². The van der Waals surface area contributed by atoms with E-state index in [1.807, 2.05) is 61.5 Å². The quantitative estimate of drug-likeness (QED) is 0.829.